The lowest BCUT2D eigenvalue weighted by Gasteiger charge is -2.21. The number of fused-ring (bicyclic) bond motifs is 3. The van der Waals surface area contributed by atoms with Crippen molar-refractivity contribution in [3.63, 3.8) is 0 Å². The van der Waals surface area contributed by atoms with Crippen LogP contribution in [0.1, 0.15) is 84.1 Å². The van der Waals surface area contributed by atoms with E-state index in [-0.39, 0.29) is 5.91 Å². The molecule has 3 aromatic rings. The molecule has 2 aromatic heterocycles. The lowest BCUT2D eigenvalue weighted by atomic mass is 9.96. The summed E-state index contributed by atoms with van der Waals surface area (Å²) < 4.78 is 0. The number of amides is 1. The van der Waals surface area contributed by atoms with E-state index in [1.54, 1.807) is 6.33 Å². The average Bonchev–Trinajstić information content (AvgIpc) is 3.19. The van der Waals surface area contributed by atoms with Gasteiger partial charge in [0.2, 0.25) is 0 Å². The van der Waals surface area contributed by atoms with E-state index in [4.69, 9.17) is 0 Å². The minimum Gasteiger partial charge on any atom is -0.365 e. The second-order valence-corrected chi connectivity index (χ2v) is 10.3. The number of hydrogen-bond donors (Lipinski definition) is 2. The third-order valence-corrected chi connectivity index (χ3v) is 8.07. The summed E-state index contributed by atoms with van der Waals surface area (Å²) in [5.74, 6) is 0.984. The zero-order chi connectivity index (χ0) is 21.8. The number of benzene rings is 1. The van der Waals surface area contributed by atoms with Gasteiger partial charge >= 0.3 is 0 Å². The fraction of sp³-hybridized carbons (Fsp3) is 0.500. The van der Waals surface area contributed by atoms with Crippen LogP contribution in [-0.4, -0.2) is 21.9 Å². The highest BCUT2D eigenvalue weighted by Crippen LogP contribution is 2.38. The summed E-state index contributed by atoms with van der Waals surface area (Å²) in [5.41, 5.74) is 3.33. The molecule has 2 N–H and O–H groups in total. The van der Waals surface area contributed by atoms with Crippen molar-refractivity contribution < 1.29 is 4.79 Å². The number of nitrogens with zero attached hydrogens (tertiary/aromatic N) is 2. The fourth-order valence-electron chi connectivity index (χ4n) is 5.05. The second kappa shape index (κ2) is 9.99. The topological polar surface area (TPSA) is 66.9 Å². The Morgan fingerprint density at radius 2 is 1.69 bits per heavy atom. The molecule has 6 heteroatoms. The molecule has 1 aromatic carbocycles. The second-order valence-electron chi connectivity index (χ2n) is 9.18. The van der Waals surface area contributed by atoms with Gasteiger partial charge in [-0.25, -0.2) is 9.97 Å². The number of carbonyl (C=O) groups is 1. The summed E-state index contributed by atoms with van der Waals surface area (Å²) in [6.07, 6.45) is 15.1. The number of aromatic nitrogens is 2. The van der Waals surface area contributed by atoms with Crippen molar-refractivity contribution in [2.75, 3.05) is 5.32 Å². The highest BCUT2D eigenvalue weighted by atomic mass is 32.1. The molecule has 32 heavy (non-hydrogen) atoms. The molecule has 2 aliphatic rings. The maximum atomic E-state index is 12.7. The van der Waals surface area contributed by atoms with Crippen LogP contribution >= 0.6 is 11.3 Å². The molecule has 5 nitrogen and oxygen atoms in total. The van der Waals surface area contributed by atoms with Crippen LogP contribution in [0.25, 0.3) is 10.2 Å². The monoisotopic (exact) mass is 448 g/mol. The van der Waals surface area contributed by atoms with Gasteiger partial charge in [0.1, 0.15) is 17.0 Å². The first-order valence-electron chi connectivity index (χ1n) is 12.2. The first-order valence-corrected chi connectivity index (χ1v) is 13.0. The first-order chi connectivity index (χ1) is 15.8. The molecule has 0 radical (unpaired) electrons. The van der Waals surface area contributed by atoms with Gasteiger partial charge in [0.05, 0.1) is 5.39 Å². The number of hydrogen-bond acceptors (Lipinski definition) is 5. The van der Waals surface area contributed by atoms with Gasteiger partial charge in [-0.3, -0.25) is 4.79 Å². The van der Waals surface area contributed by atoms with Gasteiger partial charge in [-0.05, 0) is 61.8 Å². The predicted molar refractivity (Wildman–Crippen MR) is 131 cm³/mol. The van der Waals surface area contributed by atoms with Crippen molar-refractivity contribution in [3.05, 3.63) is 52.2 Å². The van der Waals surface area contributed by atoms with Crippen LogP contribution in [0, 0.1) is 0 Å². The van der Waals surface area contributed by atoms with Gasteiger partial charge in [-0.1, -0.05) is 44.2 Å². The maximum absolute atomic E-state index is 12.7. The lowest BCUT2D eigenvalue weighted by molar-refractivity contribution is 0.0930. The van der Waals surface area contributed by atoms with Crippen LogP contribution < -0.4 is 10.6 Å². The largest absolute Gasteiger partial charge is 0.365 e. The Bertz CT molecular complexity index is 1070. The van der Waals surface area contributed by atoms with E-state index in [0.29, 0.717) is 12.6 Å². The quantitative estimate of drug-likeness (QED) is 0.500. The zero-order valence-electron chi connectivity index (χ0n) is 18.7. The van der Waals surface area contributed by atoms with Gasteiger partial charge in [0.15, 0.2) is 0 Å². The smallest absolute Gasteiger partial charge is 0.251 e. The normalized spacial score (nSPS) is 17.4. The molecule has 2 heterocycles. The number of rotatable bonds is 5. The molecule has 0 unspecified atom stereocenters. The Kier molecular flexibility index (Phi) is 6.67. The average molecular weight is 449 g/mol. The van der Waals surface area contributed by atoms with Gasteiger partial charge < -0.3 is 10.6 Å². The Hall–Kier alpha value is -2.47. The van der Waals surface area contributed by atoms with Crippen molar-refractivity contribution >= 4 is 33.3 Å². The van der Waals surface area contributed by atoms with E-state index in [2.05, 4.69) is 20.6 Å². The maximum Gasteiger partial charge on any atom is 0.251 e. The highest BCUT2D eigenvalue weighted by Gasteiger charge is 2.20. The summed E-state index contributed by atoms with van der Waals surface area (Å²) >= 11 is 1.82. The number of aryl methyl sites for hydroxylation is 2. The molecule has 0 spiro atoms. The van der Waals surface area contributed by atoms with Gasteiger partial charge in [0.25, 0.3) is 5.91 Å². The van der Waals surface area contributed by atoms with Crippen molar-refractivity contribution in [2.24, 2.45) is 0 Å². The highest BCUT2D eigenvalue weighted by molar-refractivity contribution is 7.19. The van der Waals surface area contributed by atoms with Crippen molar-refractivity contribution in [1.82, 2.24) is 15.3 Å². The summed E-state index contributed by atoms with van der Waals surface area (Å²) in [5, 5.41) is 7.99. The van der Waals surface area contributed by atoms with Crippen LogP contribution in [0.15, 0.2) is 30.6 Å². The van der Waals surface area contributed by atoms with E-state index < -0.39 is 0 Å². The van der Waals surface area contributed by atoms with Crippen molar-refractivity contribution in [3.8, 4) is 0 Å². The standard InChI is InChI=1S/C26H32N4OS/c31-25(30-20-8-4-2-1-3-5-9-20)19-14-12-18(13-15-19)16-27-24-23-21-10-6-7-11-22(21)32-26(23)29-17-28-24/h12-15,17,20H,1-11,16H2,(H,30,31)(H,27,28,29). The Morgan fingerprint density at radius 1 is 0.938 bits per heavy atom. The van der Waals surface area contributed by atoms with Crippen LogP contribution in [-0.2, 0) is 19.4 Å². The molecule has 0 atom stereocenters. The van der Waals surface area contributed by atoms with E-state index >= 15 is 0 Å². The zero-order valence-corrected chi connectivity index (χ0v) is 19.5. The fourth-order valence-corrected chi connectivity index (χ4v) is 6.28. The molecule has 168 valence electrons. The minimum absolute atomic E-state index is 0.0532. The summed E-state index contributed by atoms with van der Waals surface area (Å²) in [6, 6.07) is 8.29. The number of anilines is 1. The van der Waals surface area contributed by atoms with Crippen molar-refractivity contribution in [2.45, 2.75) is 83.2 Å². The van der Waals surface area contributed by atoms with E-state index in [1.807, 2.05) is 35.6 Å². The third-order valence-electron chi connectivity index (χ3n) is 6.87. The van der Waals surface area contributed by atoms with Crippen LogP contribution in [0.4, 0.5) is 5.82 Å². The first kappa shape index (κ1) is 21.4. The number of thiophene rings is 1. The molecule has 0 aliphatic heterocycles. The molecule has 2 aliphatic carbocycles. The summed E-state index contributed by atoms with van der Waals surface area (Å²) in [6.45, 7) is 0.682. The number of nitrogens with one attached hydrogen (secondary N) is 2. The third kappa shape index (κ3) is 4.80. The lowest BCUT2D eigenvalue weighted by Crippen LogP contribution is -2.35. The van der Waals surface area contributed by atoms with Crippen LogP contribution in [0.3, 0.4) is 0 Å². The van der Waals surface area contributed by atoms with E-state index in [0.717, 1.165) is 41.0 Å². The summed E-state index contributed by atoms with van der Waals surface area (Å²) in [7, 11) is 0. The minimum atomic E-state index is 0.0532. The molecule has 5 rings (SSSR count). The molecule has 0 saturated heterocycles. The molecule has 1 saturated carbocycles. The molecule has 1 amide bonds. The van der Waals surface area contributed by atoms with Gasteiger partial charge in [-0.2, -0.15) is 0 Å². The van der Waals surface area contributed by atoms with Crippen molar-refractivity contribution in [1.29, 1.82) is 0 Å². The van der Waals surface area contributed by atoms with Crippen LogP contribution in [0.2, 0.25) is 0 Å². The molecule has 0 bridgehead atoms. The van der Waals surface area contributed by atoms with Crippen LogP contribution in [0.5, 0.6) is 0 Å². The van der Waals surface area contributed by atoms with E-state index in [9.17, 15) is 4.79 Å². The number of carbonyl (C=O) groups excluding carboxylic acids is 1. The van der Waals surface area contributed by atoms with Gasteiger partial charge in [0, 0.05) is 23.0 Å². The Balaban J connectivity index is 1.23. The Morgan fingerprint density at radius 3 is 2.50 bits per heavy atom. The molecular weight excluding hydrogens is 416 g/mol. The SMILES string of the molecule is O=C(NC1CCCCCCC1)c1ccc(CNc2ncnc3sc4c(c23)CCCC4)cc1. The molecule has 1 fully saturated rings. The van der Waals surface area contributed by atoms with E-state index in [1.165, 1.54) is 67.2 Å². The summed E-state index contributed by atoms with van der Waals surface area (Å²) in [4.78, 5) is 24.3. The predicted octanol–water partition coefficient (Wildman–Crippen LogP) is 6.02. The Labute approximate surface area is 194 Å². The van der Waals surface area contributed by atoms with Gasteiger partial charge in [-0.15, -0.1) is 11.3 Å². The molecular formula is C26H32N4OS.